The quantitative estimate of drug-likeness (QED) is 0.00921. The number of carbonyl (C=O) groups excluding carboxylic acids is 1. The molecule has 144 heavy (non-hydrogen) atoms. The Bertz CT molecular complexity index is 4690. The predicted octanol–water partition coefficient (Wildman–Crippen LogP) is 34.9. The van der Waals surface area contributed by atoms with Crippen molar-refractivity contribution in [1.82, 2.24) is 0 Å². The molecule has 11 nitrogen and oxygen atoms in total. The van der Waals surface area contributed by atoms with E-state index in [4.69, 9.17) is 29.5 Å². The number of phenols is 4. The van der Waals surface area contributed by atoms with E-state index in [0.29, 0.717) is 40.4 Å². The average Bonchev–Trinajstić information content (AvgIpc) is 0.804. The van der Waals surface area contributed by atoms with Crippen LogP contribution in [0.1, 0.15) is 428 Å². The van der Waals surface area contributed by atoms with Gasteiger partial charge in [0, 0.05) is 23.1 Å². The molecule has 10 rings (SSSR count). The van der Waals surface area contributed by atoms with Crippen molar-refractivity contribution in [1.29, 1.82) is 5.26 Å². The number of Topliss-reactive ketones (excluding diaryl/α,β-unsaturated/α-hetero) is 1. The molecule has 0 aliphatic heterocycles. The topological polar surface area (TPSA) is 190 Å². The molecule has 6 N–H and O–H groups in total. The number of aromatic hydroxyl groups is 4. The van der Waals surface area contributed by atoms with E-state index in [2.05, 4.69) is 183 Å². The van der Waals surface area contributed by atoms with E-state index >= 15 is 0 Å². The van der Waals surface area contributed by atoms with Gasteiger partial charge in [-0.15, -0.1) is 0 Å². The third-order valence-electron chi connectivity index (χ3n) is 25.3. The summed E-state index contributed by atoms with van der Waals surface area (Å²) in [5.41, 5.74) is 12.9. The number of benzene rings is 10. The van der Waals surface area contributed by atoms with E-state index in [0.717, 1.165) is 81.6 Å². The van der Waals surface area contributed by atoms with Crippen LogP contribution in [-0.4, -0.2) is 87.8 Å². The number of hydrogen-bond donors (Lipinski definition) is 6. The normalized spacial score (nSPS) is 10.5. The van der Waals surface area contributed by atoms with Crippen LogP contribution in [0.5, 0.6) is 40.2 Å². The Morgan fingerprint density at radius 3 is 0.958 bits per heavy atom. The predicted molar refractivity (Wildman–Crippen MR) is 627 cm³/mol. The van der Waals surface area contributed by atoms with E-state index < -0.39 is 7.12 Å². The molecule has 0 atom stereocenters. The molecule has 0 amide bonds. The summed E-state index contributed by atoms with van der Waals surface area (Å²) in [5.74, 6) is 4.12. The Morgan fingerprint density at radius 2 is 0.639 bits per heavy atom. The molecule has 0 unspecified atom stereocenters. The van der Waals surface area contributed by atoms with E-state index in [9.17, 15) is 25.2 Å². The maximum Gasteiger partial charge on any atom is 2.00 e. The molecule has 0 bridgehead atoms. The summed E-state index contributed by atoms with van der Waals surface area (Å²) in [4.78, 5) is 11.8. The number of methoxy groups -OCH3 is 3. The van der Waals surface area contributed by atoms with Gasteiger partial charge in [-0.1, -0.05) is 496 Å². The Balaban J connectivity index is -0.000000771. The van der Waals surface area contributed by atoms with Crippen LogP contribution in [-0.2, 0) is 27.1 Å². The van der Waals surface area contributed by atoms with Gasteiger partial charge in [0.1, 0.15) is 40.2 Å². The summed E-state index contributed by atoms with van der Waals surface area (Å²) in [6.07, 6.45) is 43.6. The molecule has 10 aromatic rings. The van der Waals surface area contributed by atoms with Crippen molar-refractivity contribution in [2.75, 3.05) is 21.3 Å². The van der Waals surface area contributed by atoms with Gasteiger partial charge in [-0.25, -0.2) is 0 Å². The number of carbonyl (C=O) groups is 1. The molecule has 15 heteroatoms. The first-order chi connectivity index (χ1) is 68.1. The summed E-state index contributed by atoms with van der Waals surface area (Å²) >= 11 is 3.32. The van der Waals surface area contributed by atoms with Crippen LogP contribution in [0, 0.1) is 18.3 Å². The molecule has 10 aromatic carbocycles. The summed E-state index contributed by atoms with van der Waals surface area (Å²) in [6, 6.07) is 79.6. The van der Waals surface area contributed by atoms with Gasteiger partial charge in [-0.3, -0.25) is 4.79 Å². The Kier molecular flexibility index (Phi) is 85.4. The van der Waals surface area contributed by atoms with Crippen LogP contribution in [0.2, 0.25) is 0 Å². The molecule has 0 aliphatic carbocycles. The van der Waals surface area contributed by atoms with Crippen LogP contribution < -0.4 is 36.7 Å². The Hall–Kier alpha value is -8.33. The smallest absolute Gasteiger partial charge is 1.00 e. The number of rotatable bonds is 46. The number of halogens is 2. The van der Waals surface area contributed by atoms with Gasteiger partial charge in [0.15, 0.2) is 5.78 Å². The number of nitriles is 1. The van der Waals surface area contributed by atoms with Crippen LogP contribution >= 0.6 is 15.9 Å². The first kappa shape index (κ1) is 142. The van der Waals surface area contributed by atoms with E-state index in [1.807, 2.05) is 193 Å². The molecule has 0 saturated carbocycles. The standard InChI is InChI=1S/2C21H28O.C16H26O.C15H23BrO.C15H24O.C14H20O2.C8H7NO.C7H15.C6H7BO2.3C2H6.BrH.Mg/c2*1-4-5-6-10-15-21(2,3)18-13-14-19(20(22)16-18)17-11-8-7-9-12-17;1-5-6-7-8-12-16(2,3)14-10-9-11-15(13-14)17-4;1-4-5-6-7-10-15(2,3)12-8-9-13(16)14(17)11-12;1-4-5-6-7-11-15(2,3)13-9-8-10-14(16)12-13;1-3-4-5-6-10-14(15)12-8-7-9-13(11-12)16-2;1-10-8-4-2-3-7(5-8)6-9;1-3-5-7-6-4-2;8-7(9)6-4-2-1-3-5-6;3*1-2;;/h2*7-9,11-14,16,22H,4-6,10,15H2,1-3H3;9-11,13H,5-8,12H2,1-4H3;8-9,11,17H,4-7,10H2,1-3H3;8-10,12,16H,4-7,11H2,1-3H3;7-9,11H,3-6,10H2,1-2H3;2-5H,1H3;1,3-7H2,2H3;1-5,8-9H;3*1-2H3;1H;/q;;;;;;;-1;;;;;;+2/p-1. The fraction of sp³-hybridized carbons (Fsp3) is 0.512. The molecule has 796 valence electrons. The second-order valence-electron chi connectivity index (χ2n) is 39.1. The number of ketones is 1. The van der Waals surface area contributed by atoms with Gasteiger partial charge in [0.05, 0.1) is 37.4 Å². The minimum Gasteiger partial charge on any atom is -1.00 e. The summed E-state index contributed by atoms with van der Waals surface area (Å²) < 4.78 is 16.1. The number of phenolic OH excluding ortho intramolecular Hbond substituents is 4. The maximum absolute atomic E-state index is 11.8. The van der Waals surface area contributed by atoms with Crippen molar-refractivity contribution in [3.05, 3.63) is 293 Å². The SMILES string of the molecule is CC.CC.CC.CCCCCCC(=O)c1cccc(OC)c1.CCCCCCC(C)(C)c1ccc(-c2ccccc2)c(O)c1.CCCCCCC(C)(C)c1ccc(-c2ccccc2)c(O)c1.CCCCCCC(C)(C)c1ccc(Br)c(O)c1.CCCCCCC(C)(C)c1cccc(O)c1.CCCCCCC(C)(C)c1cccc(OC)c1.COc1cccc(C#N)c1.OB(O)c1ccccc1.[Br-].[CH2-]CCCCCC.[Mg+2]. The monoisotopic (exact) mass is 2110 g/mol. The third kappa shape index (κ3) is 62.7. The van der Waals surface area contributed by atoms with Crippen molar-refractivity contribution in [2.24, 2.45) is 0 Å². The minimum absolute atomic E-state index is 0. The van der Waals surface area contributed by atoms with Gasteiger partial charge < -0.3 is 68.6 Å². The summed E-state index contributed by atoms with van der Waals surface area (Å²) in [7, 11) is 3.58. The first-order valence-corrected chi connectivity index (χ1v) is 55.0. The number of ether oxygens (including phenoxy) is 3. The zero-order chi connectivity index (χ0) is 107. The summed E-state index contributed by atoms with van der Waals surface area (Å²) in [6.45, 7) is 54.1. The molecule has 0 aliphatic rings. The van der Waals surface area contributed by atoms with Crippen LogP contribution in [0.3, 0.4) is 0 Å². The largest absolute Gasteiger partial charge is 2.00 e. The fourth-order valence-electron chi connectivity index (χ4n) is 15.8. The minimum atomic E-state index is -1.34. The second kappa shape index (κ2) is 86.6. The zero-order valence-corrected chi connectivity index (χ0v) is 99.4. The van der Waals surface area contributed by atoms with Gasteiger partial charge in [-0.2, -0.15) is 11.7 Å². The fourth-order valence-corrected chi connectivity index (χ4v) is 16.0. The van der Waals surface area contributed by atoms with Gasteiger partial charge in [0.25, 0.3) is 0 Å². The van der Waals surface area contributed by atoms with E-state index in [-0.39, 0.29) is 72.9 Å². The molecular weight excluding hydrogens is 1920 g/mol. The van der Waals surface area contributed by atoms with Gasteiger partial charge >= 0.3 is 30.2 Å². The van der Waals surface area contributed by atoms with Crippen LogP contribution in [0.15, 0.2) is 247 Å². The Morgan fingerprint density at radius 1 is 0.340 bits per heavy atom. The molecule has 0 fully saturated rings. The number of nitrogens with zero attached hydrogens (tertiary/aromatic N) is 1. The second-order valence-corrected chi connectivity index (χ2v) is 40.0. The molecule has 0 saturated heterocycles. The molecule has 0 heterocycles. The van der Waals surface area contributed by atoms with E-state index in [1.165, 1.54) is 214 Å². The van der Waals surface area contributed by atoms with Crippen molar-refractivity contribution >= 4 is 57.3 Å². The molecule has 0 aromatic heterocycles. The zero-order valence-electron chi connectivity index (χ0n) is 94.9. The van der Waals surface area contributed by atoms with E-state index in [1.54, 1.807) is 75.9 Å². The maximum atomic E-state index is 11.8. The van der Waals surface area contributed by atoms with Crippen LogP contribution in [0.4, 0.5) is 0 Å². The van der Waals surface area contributed by atoms with Crippen molar-refractivity contribution in [2.45, 2.75) is 411 Å². The molecular formula is C129H196BBr2MgNO10. The Labute approximate surface area is 915 Å². The molecule has 0 spiro atoms. The van der Waals surface area contributed by atoms with Gasteiger partial charge in [-0.05, 0) is 205 Å². The van der Waals surface area contributed by atoms with Crippen LogP contribution in [0.25, 0.3) is 22.3 Å². The number of hydrogen-bond acceptors (Lipinski definition) is 11. The number of unbranched alkanes of at least 4 members (excludes halogenated alkanes) is 22. The first-order valence-electron chi connectivity index (χ1n) is 54.2. The van der Waals surface area contributed by atoms with Crippen molar-refractivity contribution < 1.29 is 66.5 Å². The average molecular weight is 2120 g/mol. The molecule has 0 radical (unpaired) electrons. The third-order valence-corrected chi connectivity index (χ3v) is 25.9. The van der Waals surface area contributed by atoms with Crippen molar-refractivity contribution in [3.63, 3.8) is 0 Å². The van der Waals surface area contributed by atoms with Gasteiger partial charge in [0.2, 0.25) is 0 Å². The van der Waals surface area contributed by atoms with Crippen molar-refractivity contribution in [3.8, 4) is 68.6 Å². The summed E-state index contributed by atoms with van der Waals surface area (Å²) in [5, 5.41) is 65.7.